The van der Waals surface area contributed by atoms with Gasteiger partial charge < -0.3 is 14.2 Å². The van der Waals surface area contributed by atoms with Crippen molar-refractivity contribution in [3.8, 4) is 11.5 Å². The van der Waals surface area contributed by atoms with Crippen LogP contribution in [0.3, 0.4) is 0 Å². The molecule has 0 saturated heterocycles. The number of hydrogen-bond acceptors (Lipinski definition) is 5. The number of para-hydroxylation sites is 2. The molecule has 2 aromatic rings. The van der Waals surface area contributed by atoms with Crippen molar-refractivity contribution in [3.63, 3.8) is 0 Å². The molecule has 0 saturated carbocycles. The summed E-state index contributed by atoms with van der Waals surface area (Å²) in [6.07, 6.45) is 1.62. The van der Waals surface area contributed by atoms with Gasteiger partial charge in [-0.05, 0) is 24.3 Å². The predicted octanol–water partition coefficient (Wildman–Crippen LogP) is 2.27. The van der Waals surface area contributed by atoms with E-state index in [0.29, 0.717) is 17.2 Å². The molecule has 0 radical (unpaired) electrons. The van der Waals surface area contributed by atoms with E-state index in [9.17, 15) is 4.79 Å². The molecule has 0 N–H and O–H groups in total. The zero-order valence-electron chi connectivity index (χ0n) is 10.9. The zero-order chi connectivity index (χ0) is 14.0. The average Bonchev–Trinajstić information content (AvgIpc) is 2.47. The van der Waals surface area contributed by atoms with E-state index in [4.69, 9.17) is 14.2 Å². The summed E-state index contributed by atoms with van der Waals surface area (Å²) in [6, 6.07) is 12.5. The van der Waals surface area contributed by atoms with Gasteiger partial charge in [0.25, 0.3) is 0 Å². The first-order valence-corrected chi connectivity index (χ1v) is 6.21. The summed E-state index contributed by atoms with van der Waals surface area (Å²) in [4.78, 5) is 15.6. The molecule has 1 aromatic heterocycles. The van der Waals surface area contributed by atoms with E-state index in [1.54, 1.807) is 36.5 Å². The van der Waals surface area contributed by atoms with E-state index in [-0.39, 0.29) is 6.61 Å². The van der Waals surface area contributed by atoms with Gasteiger partial charge in [-0.2, -0.15) is 0 Å². The molecule has 0 spiro atoms. The van der Waals surface area contributed by atoms with Crippen LogP contribution in [-0.4, -0.2) is 17.6 Å². The SMILES string of the molecule is CC(=O)OC1(c2ccccn2)COc2ccccc2O1. The molecule has 0 fully saturated rings. The normalized spacial score (nSPS) is 20.2. The van der Waals surface area contributed by atoms with Crippen molar-refractivity contribution < 1.29 is 19.0 Å². The minimum Gasteiger partial charge on any atom is -0.481 e. The smallest absolute Gasteiger partial charge is 0.332 e. The number of benzene rings is 1. The molecular formula is C15H13NO4. The molecule has 5 heteroatoms. The summed E-state index contributed by atoms with van der Waals surface area (Å²) in [6.45, 7) is 1.38. The molecule has 1 unspecified atom stereocenters. The van der Waals surface area contributed by atoms with Crippen molar-refractivity contribution in [2.75, 3.05) is 6.61 Å². The number of nitrogens with zero attached hydrogens (tertiary/aromatic N) is 1. The molecule has 20 heavy (non-hydrogen) atoms. The molecule has 102 valence electrons. The number of ether oxygens (including phenoxy) is 3. The fourth-order valence-corrected chi connectivity index (χ4v) is 2.08. The summed E-state index contributed by atoms with van der Waals surface area (Å²) in [5.41, 5.74) is 0.490. The van der Waals surface area contributed by atoms with Crippen molar-refractivity contribution in [2.24, 2.45) is 0 Å². The third kappa shape index (κ3) is 2.18. The number of fused-ring (bicyclic) bond motifs is 1. The number of carbonyl (C=O) groups excluding carboxylic acids is 1. The largest absolute Gasteiger partial charge is 0.481 e. The van der Waals surface area contributed by atoms with Crippen molar-refractivity contribution in [1.29, 1.82) is 0 Å². The molecule has 0 bridgehead atoms. The highest BCUT2D eigenvalue weighted by molar-refractivity contribution is 5.66. The van der Waals surface area contributed by atoms with Crippen molar-refractivity contribution in [2.45, 2.75) is 12.7 Å². The Morgan fingerprint density at radius 1 is 1.20 bits per heavy atom. The lowest BCUT2D eigenvalue weighted by atomic mass is 10.1. The maximum atomic E-state index is 11.4. The van der Waals surface area contributed by atoms with Crippen LogP contribution in [0.15, 0.2) is 48.7 Å². The van der Waals surface area contributed by atoms with E-state index in [2.05, 4.69) is 4.98 Å². The van der Waals surface area contributed by atoms with Crippen LogP contribution in [0.25, 0.3) is 0 Å². The third-order valence-corrected chi connectivity index (χ3v) is 2.91. The maximum absolute atomic E-state index is 11.4. The second-order valence-electron chi connectivity index (χ2n) is 4.40. The highest BCUT2D eigenvalue weighted by Gasteiger charge is 2.44. The standard InChI is InChI=1S/C15H13NO4/c1-11(17)19-15(14-8-4-5-9-16-14)10-18-12-6-2-3-7-13(12)20-15/h2-9H,10H2,1H3. The fraction of sp³-hybridized carbons (Fsp3) is 0.200. The van der Waals surface area contributed by atoms with Crippen LogP contribution in [0.5, 0.6) is 11.5 Å². The molecule has 0 amide bonds. The Hall–Kier alpha value is -2.56. The number of hydrogen-bond donors (Lipinski definition) is 0. The highest BCUT2D eigenvalue weighted by atomic mass is 16.7. The molecule has 1 aromatic carbocycles. The number of esters is 1. The lowest BCUT2D eigenvalue weighted by molar-refractivity contribution is -0.220. The van der Waals surface area contributed by atoms with E-state index in [1.807, 2.05) is 12.1 Å². The van der Waals surface area contributed by atoms with Gasteiger partial charge in [0.1, 0.15) is 5.69 Å². The van der Waals surface area contributed by atoms with Gasteiger partial charge in [-0.25, -0.2) is 0 Å². The van der Waals surface area contributed by atoms with Crippen molar-refractivity contribution >= 4 is 5.97 Å². The molecular weight excluding hydrogens is 258 g/mol. The third-order valence-electron chi connectivity index (χ3n) is 2.91. The summed E-state index contributed by atoms with van der Waals surface area (Å²) >= 11 is 0. The summed E-state index contributed by atoms with van der Waals surface area (Å²) < 4.78 is 16.9. The van der Waals surface area contributed by atoms with Gasteiger partial charge in [-0.3, -0.25) is 9.78 Å². The first-order chi connectivity index (χ1) is 9.70. The highest BCUT2D eigenvalue weighted by Crippen LogP contribution is 2.39. The number of rotatable bonds is 2. The Bertz CT molecular complexity index is 629. The first kappa shape index (κ1) is 12.5. The number of carbonyl (C=O) groups is 1. The second-order valence-corrected chi connectivity index (χ2v) is 4.40. The van der Waals surface area contributed by atoms with E-state index >= 15 is 0 Å². The molecule has 1 atom stereocenters. The van der Waals surface area contributed by atoms with Gasteiger partial charge in [-0.15, -0.1) is 0 Å². The summed E-state index contributed by atoms with van der Waals surface area (Å²) in [5.74, 6) is -0.669. The van der Waals surface area contributed by atoms with Crippen LogP contribution in [0.1, 0.15) is 12.6 Å². The minimum atomic E-state index is -1.35. The Morgan fingerprint density at radius 2 is 1.95 bits per heavy atom. The minimum absolute atomic E-state index is 0.0562. The van der Waals surface area contributed by atoms with E-state index in [1.165, 1.54) is 6.92 Å². The molecule has 1 aliphatic rings. The Kier molecular flexibility index (Phi) is 3.02. The zero-order valence-corrected chi connectivity index (χ0v) is 10.9. The first-order valence-electron chi connectivity index (χ1n) is 6.21. The maximum Gasteiger partial charge on any atom is 0.332 e. The summed E-state index contributed by atoms with van der Waals surface area (Å²) in [5, 5.41) is 0. The van der Waals surface area contributed by atoms with Crippen LogP contribution in [0.4, 0.5) is 0 Å². The number of aromatic nitrogens is 1. The Labute approximate surface area is 116 Å². The molecule has 0 aliphatic carbocycles. The lowest BCUT2D eigenvalue weighted by Gasteiger charge is -2.36. The summed E-state index contributed by atoms with van der Waals surface area (Å²) in [7, 11) is 0. The quantitative estimate of drug-likeness (QED) is 0.784. The topological polar surface area (TPSA) is 57.7 Å². The van der Waals surface area contributed by atoms with E-state index < -0.39 is 11.8 Å². The number of pyridine rings is 1. The molecule has 5 nitrogen and oxygen atoms in total. The fourth-order valence-electron chi connectivity index (χ4n) is 2.08. The predicted molar refractivity (Wildman–Crippen MR) is 70.2 cm³/mol. The van der Waals surface area contributed by atoms with Crippen LogP contribution in [0.2, 0.25) is 0 Å². The average molecular weight is 271 g/mol. The lowest BCUT2D eigenvalue weighted by Crippen LogP contribution is -2.46. The van der Waals surface area contributed by atoms with Gasteiger partial charge in [-0.1, -0.05) is 18.2 Å². The molecule has 2 heterocycles. The van der Waals surface area contributed by atoms with Crippen molar-refractivity contribution in [3.05, 3.63) is 54.4 Å². The van der Waals surface area contributed by atoms with Crippen LogP contribution in [-0.2, 0) is 15.3 Å². The van der Waals surface area contributed by atoms with Gasteiger partial charge >= 0.3 is 11.8 Å². The molecule has 3 rings (SSSR count). The van der Waals surface area contributed by atoms with Crippen LogP contribution < -0.4 is 9.47 Å². The Balaban J connectivity index is 2.03. The Morgan fingerprint density at radius 3 is 2.65 bits per heavy atom. The van der Waals surface area contributed by atoms with Crippen molar-refractivity contribution in [1.82, 2.24) is 4.98 Å². The van der Waals surface area contributed by atoms with Gasteiger partial charge in [0.2, 0.25) is 0 Å². The van der Waals surface area contributed by atoms with Crippen LogP contribution >= 0.6 is 0 Å². The van der Waals surface area contributed by atoms with Gasteiger partial charge in [0, 0.05) is 13.1 Å². The van der Waals surface area contributed by atoms with E-state index in [0.717, 1.165) is 0 Å². The monoisotopic (exact) mass is 271 g/mol. The van der Waals surface area contributed by atoms with Gasteiger partial charge in [0.05, 0.1) is 0 Å². The van der Waals surface area contributed by atoms with Gasteiger partial charge in [0.15, 0.2) is 18.1 Å². The molecule has 1 aliphatic heterocycles. The van der Waals surface area contributed by atoms with Crippen LogP contribution in [0, 0.1) is 0 Å². The second kappa shape index (κ2) is 4.85.